The minimum atomic E-state index is -0.361. The van der Waals surface area contributed by atoms with Crippen molar-refractivity contribution >= 4 is 15.9 Å². The third kappa shape index (κ3) is 3.67. The average molecular weight is 291 g/mol. The minimum Gasteiger partial charge on any atom is -0.490 e. The molecule has 4 heteroatoms. The van der Waals surface area contributed by atoms with Crippen LogP contribution < -0.4 is 9.47 Å². The highest BCUT2D eigenvalue weighted by Gasteiger charge is 2.09. The second kappa shape index (κ2) is 7.49. The Bertz CT molecular complexity index is 318. The summed E-state index contributed by atoms with van der Waals surface area (Å²) >= 11 is 3.39. The summed E-state index contributed by atoms with van der Waals surface area (Å²) in [6.45, 7) is 2.53. The first-order chi connectivity index (χ1) is 7.83. The molecule has 0 bridgehead atoms. The predicted molar refractivity (Wildman–Crippen MR) is 66.3 cm³/mol. The van der Waals surface area contributed by atoms with E-state index in [9.17, 15) is 4.39 Å². The Morgan fingerprint density at radius 2 is 2.12 bits per heavy atom. The normalized spacial score (nSPS) is 10.2. The van der Waals surface area contributed by atoms with Crippen molar-refractivity contribution in [3.8, 4) is 11.5 Å². The lowest BCUT2D eigenvalue weighted by atomic mass is 10.2. The molecule has 1 aromatic rings. The Morgan fingerprint density at radius 1 is 1.31 bits per heavy atom. The van der Waals surface area contributed by atoms with Crippen LogP contribution in [0.25, 0.3) is 0 Å². The van der Waals surface area contributed by atoms with Gasteiger partial charge in [0.15, 0.2) is 11.5 Å². The molecule has 0 aliphatic heterocycles. The predicted octanol–water partition coefficient (Wildman–Crippen LogP) is 3.72. The number of hydrogen-bond acceptors (Lipinski definition) is 2. The number of benzene rings is 1. The summed E-state index contributed by atoms with van der Waals surface area (Å²) in [6.07, 6.45) is 0.405. The summed E-state index contributed by atoms with van der Waals surface area (Å²) in [5.74, 6) is 1.44. The topological polar surface area (TPSA) is 18.5 Å². The third-order valence-electron chi connectivity index (χ3n) is 2.03. The molecule has 16 heavy (non-hydrogen) atoms. The number of ether oxygens (including phenoxy) is 2. The maximum atomic E-state index is 12.0. The molecule has 0 amide bonds. The van der Waals surface area contributed by atoms with E-state index in [1.54, 1.807) is 0 Å². The van der Waals surface area contributed by atoms with E-state index in [1.165, 1.54) is 0 Å². The Balaban J connectivity index is 2.81. The van der Waals surface area contributed by atoms with Gasteiger partial charge in [0.05, 0.1) is 19.9 Å². The molecule has 0 unspecified atom stereocenters. The zero-order valence-corrected chi connectivity index (χ0v) is 10.9. The fourth-order valence-electron chi connectivity index (χ4n) is 1.33. The van der Waals surface area contributed by atoms with Crippen molar-refractivity contribution < 1.29 is 13.9 Å². The van der Waals surface area contributed by atoms with Crippen LogP contribution >= 0.6 is 15.9 Å². The van der Waals surface area contributed by atoms with Crippen molar-refractivity contribution in [3.63, 3.8) is 0 Å². The van der Waals surface area contributed by atoms with Crippen LogP contribution in [0.5, 0.6) is 11.5 Å². The Morgan fingerprint density at radius 3 is 2.75 bits per heavy atom. The van der Waals surface area contributed by atoms with Gasteiger partial charge in [0.25, 0.3) is 0 Å². The van der Waals surface area contributed by atoms with Crippen molar-refractivity contribution in [2.24, 2.45) is 0 Å². The number of halogens is 2. The van der Waals surface area contributed by atoms with E-state index in [4.69, 9.17) is 9.47 Å². The van der Waals surface area contributed by atoms with Gasteiger partial charge in [-0.05, 0) is 13.0 Å². The minimum absolute atomic E-state index is 0.361. The Kier molecular flexibility index (Phi) is 6.23. The summed E-state index contributed by atoms with van der Waals surface area (Å²) in [5, 5.41) is 0.693. The molecule has 0 N–H and O–H groups in total. The van der Waals surface area contributed by atoms with Gasteiger partial charge in [-0.2, -0.15) is 0 Å². The highest BCUT2D eigenvalue weighted by atomic mass is 79.9. The molecule has 1 aromatic carbocycles. The summed E-state index contributed by atoms with van der Waals surface area (Å²) in [7, 11) is 0. The van der Waals surface area contributed by atoms with Crippen molar-refractivity contribution in [2.75, 3.05) is 19.9 Å². The molecule has 1 rings (SSSR count). The standard InChI is InChI=1S/C12H16BrFO2/c1-2-15-11-6-3-5-10(9-13)12(11)16-8-4-7-14/h3,5-6H,2,4,7-9H2,1H3. The molecule has 0 saturated carbocycles. The van der Waals surface area contributed by atoms with E-state index in [2.05, 4.69) is 15.9 Å². The highest BCUT2D eigenvalue weighted by Crippen LogP contribution is 2.32. The second-order valence-corrected chi connectivity index (χ2v) is 3.76. The van der Waals surface area contributed by atoms with E-state index in [0.717, 1.165) is 17.1 Å². The van der Waals surface area contributed by atoms with Crippen molar-refractivity contribution in [2.45, 2.75) is 18.7 Å². The number of rotatable bonds is 7. The van der Waals surface area contributed by atoms with E-state index in [-0.39, 0.29) is 6.67 Å². The first-order valence-electron chi connectivity index (χ1n) is 5.32. The van der Waals surface area contributed by atoms with Crippen molar-refractivity contribution in [1.29, 1.82) is 0 Å². The van der Waals surface area contributed by atoms with Gasteiger partial charge in [0.1, 0.15) is 0 Å². The molecule has 0 atom stereocenters. The van der Waals surface area contributed by atoms with E-state index in [0.29, 0.717) is 25.0 Å². The first-order valence-corrected chi connectivity index (χ1v) is 6.45. The van der Waals surface area contributed by atoms with Crippen molar-refractivity contribution in [1.82, 2.24) is 0 Å². The fraction of sp³-hybridized carbons (Fsp3) is 0.500. The van der Waals surface area contributed by atoms with Gasteiger partial charge in [-0.25, -0.2) is 0 Å². The van der Waals surface area contributed by atoms with Gasteiger partial charge < -0.3 is 9.47 Å². The smallest absolute Gasteiger partial charge is 0.165 e. The molecule has 90 valence electrons. The summed E-state index contributed by atoms with van der Waals surface area (Å²) in [5.41, 5.74) is 1.02. The summed E-state index contributed by atoms with van der Waals surface area (Å²) in [6, 6.07) is 5.74. The van der Waals surface area contributed by atoms with Gasteiger partial charge in [0, 0.05) is 17.3 Å². The van der Waals surface area contributed by atoms with Gasteiger partial charge >= 0.3 is 0 Å². The van der Waals surface area contributed by atoms with Crippen molar-refractivity contribution in [3.05, 3.63) is 23.8 Å². The largest absolute Gasteiger partial charge is 0.490 e. The molecule has 0 spiro atoms. The Hall–Kier alpha value is -0.770. The average Bonchev–Trinajstić information content (AvgIpc) is 2.31. The zero-order valence-electron chi connectivity index (χ0n) is 9.34. The third-order valence-corrected chi connectivity index (χ3v) is 2.63. The summed E-state index contributed by atoms with van der Waals surface area (Å²) < 4.78 is 23.0. The van der Waals surface area contributed by atoms with Crippen LogP contribution in [-0.4, -0.2) is 19.9 Å². The van der Waals surface area contributed by atoms with Crippen LogP contribution in [0, 0.1) is 0 Å². The van der Waals surface area contributed by atoms with Crippen LogP contribution in [0.3, 0.4) is 0 Å². The first kappa shape index (κ1) is 13.3. The lowest BCUT2D eigenvalue weighted by Gasteiger charge is -2.14. The van der Waals surface area contributed by atoms with Gasteiger partial charge in [-0.1, -0.05) is 28.1 Å². The SMILES string of the molecule is CCOc1cccc(CBr)c1OCCCF. The highest BCUT2D eigenvalue weighted by molar-refractivity contribution is 9.08. The lowest BCUT2D eigenvalue weighted by Crippen LogP contribution is -2.03. The van der Waals surface area contributed by atoms with E-state index < -0.39 is 0 Å². The van der Waals surface area contributed by atoms with Crippen LogP contribution in [-0.2, 0) is 5.33 Å². The molecule has 0 heterocycles. The number of alkyl halides is 2. The molecule has 0 aliphatic carbocycles. The van der Waals surface area contributed by atoms with Gasteiger partial charge in [0.2, 0.25) is 0 Å². The van der Waals surface area contributed by atoms with Gasteiger partial charge in [-0.3, -0.25) is 4.39 Å². The lowest BCUT2D eigenvalue weighted by molar-refractivity contribution is 0.261. The Labute approximate surface area is 104 Å². The molecular formula is C12H16BrFO2. The summed E-state index contributed by atoms with van der Waals surface area (Å²) in [4.78, 5) is 0. The van der Waals surface area contributed by atoms with E-state index >= 15 is 0 Å². The number of hydrogen-bond donors (Lipinski definition) is 0. The molecule has 0 aliphatic rings. The molecule has 0 radical (unpaired) electrons. The van der Waals surface area contributed by atoms with Crippen LogP contribution in [0.4, 0.5) is 4.39 Å². The molecular weight excluding hydrogens is 275 g/mol. The maximum Gasteiger partial charge on any atom is 0.165 e. The molecule has 2 nitrogen and oxygen atoms in total. The molecule has 0 aromatic heterocycles. The van der Waals surface area contributed by atoms with Gasteiger partial charge in [-0.15, -0.1) is 0 Å². The van der Waals surface area contributed by atoms with Crippen LogP contribution in [0.1, 0.15) is 18.9 Å². The van der Waals surface area contributed by atoms with E-state index in [1.807, 2.05) is 25.1 Å². The molecule has 0 saturated heterocycles. The number of para-hydroxylation sites is 1. The maximum absolute atomic E-state index is 12.0. The fourth-order valence-corrected chi connectivity index (χ4v) is 1.77. The monoisotopic (exact) mass is 290 g/mol. The second-order valence-electron chi connectivity index (χ2n) is 3.20. The molecule has 0 fully saturated rings. The zero-order chi connectivity index (χ0) is 11.8. The van der Waals surface area contributed by atoms with Crippen LogP contribution in [0.15, 0.2) is 18.2 Å². The quantitative estimate of drug-likeness (QED) is 0.563. The van der Waals surface area contributed by atoms with Crippen LogP contribution in [0.2, 0.25) is 0 Å².